The number of benzene rings is 2. The van der Waals surface area contributed by atoms with Crippen molar-refractivity contribution in [3.8, 4) is 0 Å². The Balaban J connectivity index is 0.00000288. The molecule has 24 heavy (non-hydrogen) atoms. The van der Waals surface area contributed by atoms with Gasteiger partial charge in [0.1, 0.15) is 5.82 Å². The normalized spacial score (nSPS) is 10.5. The molecule has 3 N–H and O–H groups in total. The molecule has 4 nitrogen and oxygen atoms in total. The Morgan fingerprint density at radius 1 is 1.21 bits per heavy atom. The number of anilines is 2. The molecule has 0 fully saturated rings. The van der Waals surface area contributed by atoms with E-state index in [1.807, 2.05) is 43.0 Å². The molecular formula is C18H23ClFN3O. The van der Waals surface area contributed by atoms with E-state index in [4.69, 9.17) is 5.73 Å². The first-order chi connectivity index (χ1) is 10.9. The minimum absolute atomic E-state index is 0. The number of hydrogen-bond acceptors (Lipinski definition) is 3. The molecule has 0 bridgehead atoms. The third kappa shape index (κ3) is 6.18. The van der Waals surface area contributed by atoms with E-state index < -0.39 is 0 Å². The maximum Gasteiger partial charge on any atom is 0.238 e. The average Bonchev–Trinajstić information content (AvgIpc) is 2.49. The number of carbonyl (C=O) groups is 1. The molecule has 2 aromatic carbocycles. The third-order valence-corrected chi connectivity index (χ3v) is 3.54. The fraction of sp³-hybridized carbons (Fsp3) is 0.278. The minimum atomic E-state index is -0.325. The van der Waals surface area contributed by atoms with E-state index in [-0.39, 0.29) is 36.7 Å². The van der Waals surface area contributed by atoms with Crippen molar-refractivity contribution in [2.75, 3.05) is 17.6 Å². The fourth-order valence-corrected chi connectivity index (χ4v) is 2.27. The third-order valence-electron chi connectivity index (χ3n) is 3.54. The van der Waals surface area contributed by atoms with E-state index in [0.717, 1.165) is 5.56 Å². The van der Waals surface area contributed by atoms with Gasteiger partial charge in [-0.25, -0.2) is 4.39 Å². The smallest absolute Gasteiger partial charge is 0.238 e. The molecule has 0 saturated carbocycles. The Bertz CT molecular complexity index is 662. The summed E-state index contributed by atoms with van der Waals surface area (Å²) in [4.78, 5) is 14.2. The van der Waals surface area contributed by atoms with Crippen molar-refractivity contribution < 1.29 is 9.18 Å². The number of nitrogens with two attached hydrogens (primary N) is 1. The highest BCUT2D eigenvalue weighted by molar-refractivity contribution is 5.92. The summed E-state index contributed by atoms with van der Waals surface area (Å²) in [5, 5.41) is 2.78. The van der Waals surface area contributed by atoms with Crippen LogP contribution in [0.3, 0.4) is 0 Å². The van der Waals surface area contributed by atoms with Crippen molar-refractivity contribution in [2.45, 2.75) is 26.4 Å². The summed E-state index contributed by atoms with van der Waals surface area (Å²) in [5.41, 5.74) is 8.16. The molecule has 0 aliphatic rings. The molecule has 0 heterocycles. The van der Waals surface area contributed by atoms with E-state index >= 15 is 0 Å². The summed E-state index contributed by atoms with van der Waals surface area (Å²) >= 11 is 0. The van der Waals surface area contributed by atoms with Crippen LogP contribution in [0.1, 0.15) is 19.4 Å². The van der Waals surface area contributed by atoms with Gasteiger partial charge in [0, 0.05) is 24.0 Å². The number of nitrogens with zero attached hydrogens (tertiary/aromatic N) is 1. The van der Waals surface area contributed by atoms with Crippen LogP contribution in [0.15, 0.2) is 48.5 Å². The van der Waals surface area contributed by atoms with Crippen LogP contribution in [0, 0.1) is 5.82 Å². The lowest BCUT2D eigenvalue weighted by Gasteiger charge is -2.26. The molecule has 130 valence electrons. The molecule has 0 saturated heterocycles. The highest BCUT2D eigenvalue weighted by Crippen LogP contribution is 2.13. The van der Waals surface area contributed by atoms with Gasteiger partial charge in [-0.3, -0.25) is 9.69 Å². The molecular weight excluding hydrogens is 329 g/mol. The zero-order valence-corrected chi connectivity index (χ0v) is 14.6. The molecule has 0 aliphatic heterocycles. The molecule has 2 rings (SSSR count). The van der Waals surface area contributed by atoms with Gasteiger partial charge in [0.15, 0.2) is 0 Å². The Kier molecular flexibility index (Phi) is 7.68. The zero-order chi connectivity index (χ0) is 16.8. The predicted molar refractivity (Wildman–Crippen MR) is 98.7 cm³/mol. The first-order valence-corrected chi connectivity index (χ1v) is 7.58. The Hall–Kier alpha value is -2.11. The number of rotatable bonds is 6. The van der Waals surface area contributed by atoms with Crippen molar-refractivity contribution in [3.05, 3.63) is 59.9 Å². The van der Waals surface area contributed by atoms with E-state index in [1.54, 1.807) is 12.1 Å². The van der Waals surface area contributed by atoms with Crippen LogP contribution in [0.4, 0.5) is 15.8 Å². The second-order valence-corrected chi connectivity index (χ2v) is 5.80. The Morgan fingerprint density at radius 2 is 1.88 bits per heavy atom. The van der Waals surface area contributed by atoms with E-state index in [1.165, 1.54) is 12.1 Å². The average molecular weight is 352 g/mol. The molecule has 0 radical (unpaired) electrons. The summed E-state index contributed by atoms with van der Waals surface area (Å²) in [6, 6.07) is 13.6. The van der Waals surface area contributed by atoms with Crippen molar-refractivity contribution in [3.63, 3.8) is 0 Å². The monoisotopic (exact) mass is 351 g/mol. The quantitative estimate of drug-likeness (QED) is 0.780. The van der Waals surface area contributed by atoms with Gasteiger partial charge in [-0.05, 0) is 55.8 Å². The molecule has 2 aromatic rings. The molecule has 1 amide bonds. The van der Waals surface area contributed by atoms with Crippen LogP contribution in [0.5, 0.6) is 0 Å². The molecule has 0 aromatic heterocycles. The van der Waals surface area contributed by atoms with Crippen LogP contribution >= 0.6 is 12.4 Å². The molecule has 0 unspecified atom stereocenters. The lowest BCUT2D eigenvalue weighted by atomic mass is 10.1. The molecule has 0 atom stereocenters. The second kappa shape index (κ2) is 9.25. The van der Waals surface area contributed by atoms with Crippen molar-refractivity contribution in [2.24, 2.45) is 0 Å². The van der Waals surface area contributed by atoms with E-state index in [2.05, 4.69) is 5.32 Å². The highest BCUT2D eigenvalue weighted by atomic mass is 35.5. The van der Waals surface area contributed by atoms with Crippen molar-refractivity contribution >= 4 is 29.7 Å². The number of amides is 1. The minimum Gasteiger partial charge on any atom is -0.399 e. The SMILES string of the molecule is CC(C)N(CC(=O)Nc1ccc(F)cc1)Cc1cccc(N)c1.Cl. The highest BCUT2D eigenvalue weighted by Gasteiger charge is 2.15. The maximum atomic E-state index is 12.9. The lowest BCUT2D eigenvalue weighted by Crippen LogP contribution is -2.37. The lowest BCUT2D eigenvalue weighted by molar-refractivity contribution is -0.117. The number of nitrogen functional groups attached to an aromatic ring is 1. The second-order valence-electron chi connectivity index (χ2n) is 5.80. The summed E-state index contributed by atoms with van der Waals surface area (Å²) in [6.45, 7) is 4.97. The number of halogens is 2. The van der Waals surface area contributed by atoms with Gasteiger partial charge in [-0.2, -0.15) is 0 Å². The van der Waals surface area contributed by atoms with Crippen LogP contribution in [0.2, 0.25) is 0 Å². The van der Waals surface area contributed by atoms with Gasteiger partial charge in [-0.1, -0.05) is 12.1 Å². The number of nitrogens with one attached hydrogen (secondary N) is 1. The van der Waals surface area contributed by atoms with Gasteiger partial charge >= 0.3 is 0 Å². The first-order valence-electron chi connectivity index (χ1n) is 7.58. The number of carbonyl (C=O) groups excluding carboxylic acids is 1. The Morgan fingerprint density at radius 3 is 2.46 bits per heavy atom. The Labute approximate surface area is 148 Å². The van der Waals surface area contributed by atoms with Gasteiger partial charge in [0.25, 0.3) is 0 Å². The standard InChI is InChI=1S/C18H22FN3O.ClH/c1-13(2)22(11-14-4-3-5-16(20)10-14)12-18(23)21-17-8-6-15(19)7-9-17;/h3-10,13H,11-12,20H2,1-2H3,(H,21,23);1H. The summed E-state index contributed by atoms with van der Waals surface area (Å²) in [7, 11) is 0. The van der Waals surface area contributed by atoms with E-state index in [9.17, 15) is 9.18 Å². The molecule has 0 aliphatic carbocycles. The number of hydrogen-bond donors (Lipinski definition) is 2. The van der Waals surface area contributed by atoms with Gasteiger partial charge in [0.2, 0.25) is 5.91 Å². The van der Waals surface area contributed by atoms with Crippen LogP contribution in [0.25, 0.3) is 0 Å². The summed E-state index contributed by atoms with van der Waals surface area (Å²) in [5.74, 6) is -0.456. The fourth-order valence-electron chi connectivity index (χ4n) is 2.27. The molecule has 6 heteroatoms. The zero-order valence-electron chi connectivity index (χ0n) is 13.8. The topological polar surface area (TPSA) is 58.4 Å². The molecule has 0 spiro atoms. The van der Waals surface area contributed by atoms with Gasteiger partial charge in [0.05, 0.1) is 6.54 Å². The summed E-state index contributed by atoms with van der Waals surface area (Å²) < 4.78 is 12.9. The van der Waals surface area contributed by atoms with Crippen molar-refractivity contribution in [1.82, 2.24) is 4.90 Å². The van der Waals surface area contributed by atoms with E-state index in [0.29, 0.717) is 17.9 Å². The summed E-state index contributed by atoms with van der Waals surface area (Å²) in [6.07, 6.45) is 0. The maximum absolute atomic E-state index is 12.9. The predicted octanol–water partition coefficient (Wildman–Crippen LogP) is 3.68. The van der Waals surface area contributed by atoms with Crippen LogP contribution in [-0.4, -0.2) is 23.4 Å². The largest absolute Gasteiger partial charge is 0.399 e. The van der Waals surface area contributed by atoms with Crippen LogP contribution in [-0.2, 0) is 11.3 Å². The first kappa shape index (κ1) is 19.9. The van der Waals surface area contributed by atoms with Crippen LogP contribution < -0.4 is 11.1 Å². The van der Waals surface area contributed by atoms with Gasteiger partial charge < -0.3 is 11.1 Å². The van der Waals surface area contributed by atoms with Crippen molar-refractivity contribution in [1.29, 1.82) is 0 Å². The van der Waals surface area contributed by atoms with Gasteiger partial charge in [-0.15, -0.1) is 12.4 Å².